The lowest BCUT2D eigenvalue weighted by atomic mass is 10.7. The first-order chi connectivity index (χ1) is 4.81. The van der Waals surface area contributed by atoms with Gasteiger partial charge in [-0.05, 0) is 6.92 Å². The third-order valence-corrected chi connectivity index (χ3v) is 0.712. The number of rotatable bonds is 4. The van der Waals surface area contributed by atoms with Crippen LogP contribution in [0, 0.1) is 0 Å². The molecule has 0 fully saturated rings. The van der Waals surface area contributed by atoms with Crippen molar-refractivity contribution in [3.8, 4) is 0 Å². The van der Waals surface area contributed by atoms with Crippen LogP contribution in [0.5, 0.6) is 0 Å². The average molecular weight is 144 g/mol. The molecule has 0 saturated carbocycles. The first-order valence-electron chi connectivity index (χ1n) is 3.07. The van der Waals surface area contributed by atoms with E-state index in [2.05, 4.69) is 22.2 Å². The fourth-order valence-corrected chi connectivity index (χ4v) is 0.363. The zero-order chi connectivity index (χ0) is 7.82. The zero-order valence-corrected chi connectivity index (χ0v) is 6.02. The topological polar surface area (TPSA) is 50.4 Å². The smallest absolute Gasteiger partial charge is 0.421 e. The second kappa shape index (κ2) is 6.10. The molecule has 4 nitrogen and oxygen atoms in total. The molecule has 58 valence electrons. The third-order valence-electron chi connectivity index (χ3n) is 0.712. The summed E-state index contributed by atoms with van der Waals surface area (Å²) in [6.45, 7) is 6.10. The minimum absolute atomic E-state index is 0.377. The summed E-state index contributed by atoms with van der Waals surface area (Å²) in [5.74, 6) is 0. The number of hydrazine groups is 1. The summed E-state index contributed by atoms with van der Waals surface area (Å²) >= 11 is 0. The summed E-state index contributed by atoms with van der Waals surface area (Å²) in [5, 5.41) is 0. The zero-order valence-electron chi connectivity index (χ0n) is 6.02. The Morgan fingerprint density at radius 1 is 1.80 bits per heavy atom. The van der Waals surface area contributed by atoms with Gasteiger partial charge in [-0.15, -0.1) is 6.58 Å². The molecule has 0 unspecified atom stereocenters. The quantitative estimate of drug-likeness (QED) is 0.341. The van der Waals surface area contributed by atoms with Crippen molar-refractivity contribution in [1.29, 1.82) is 0 Å². The van der Waals surface area contributed by atoms with Gasteiger partial charge in [-0.25, -0.2) is 10.2 Å². The minimum Gasteiger partial charge on any atom is -0.449 e. The SMILES string of the molecule is C=CCNNC(=O)OCC. The molecule has 0 aliphatic carbocycles. The Labute approximate surface area is 60.2 Å². The molecule has 0 aromatic heterocycles. The van der Waals surface area contributed by atoms with Gasteiger partial charge >= 0.3 is 6.09 Å². The van der Waals surface area contributed by atoms with Crippen molar-refractivity contribution in [3.63, 3.8) is 0 Å². The Kier molecular flexibility index (Phi) is 5.47. The second-order valence-corrected chi connectivity index (χ2v) is 1.52. The van der Waals surface area contributed by atoms with Crippen molar-refractivity contribution in [2.45, 2.75) is 6.92 Å². The van der Waals surface area contributed by atoms with E-state index in [1.807, 2.05) is 0 Å². The molecule has 0 atom stereocenters. The van der Waals surface area contributed by atoms with Crippen LogP contribution in [0.15, 0.2) is 12.7 Å². The predicted octanol–water partition coefficient (Wildman–Crippen LogP) is 0.423. The first-order valence-corrected chi connectivity index (χ1v) is 3.07. The van der Waals surface area contributed by atoms with Crippen LogP contribution in [0.4, 0.5) is 4.79 Å². The largest absolute Gasteiger partial charge is 0.449 e. The van der Waals surface area contributed by atoms with Gasteiger partial charge in [-0.2, -0.15) is 0 Å². The van der Waals surface area contributed by atoms with Gasteiger partial charge < -0.3 is 4.74 Å². The van der Waals surface area contributed by atoms with Crippen LogP contribution in [0.3, 0.4) is 0 Å². The minimum atomic E-state index is -0.468. The molecular weight excluding hydrogens is 132 g/mol. The number of carbonyl (C=O) groups excluding carboxylic acids is 1. The summed E-state index contributed by atoms with van der Waals surface area (Å²) in [7, 11) is 0. The van der Waals surface area contributed by atoms with Crippen molar-refractivity contribution in [2.24, 2.45) is 0 Å². The molecule has 0 aliphatic heterocycles. The fraction of sp³-hybridized carbons (Fsp3) is 0.500. The lowest BCUT2D eigenvalue weighted by Crippen LogP contribution is -2.37. The van der Waals surface area contributed by atoms with Crippen LogP contribution in [0.1, 0.15) is 6.92 Å². The van der Waals surface area contributed by atoms with Gasteiger partial charge in [0, 0.05) is 6.54 Å². The molecule has 0 spiro atoms. The molecule has 0 rings (SSSR count). The highest BCUT2D eigenvalue weighted by atomic mass is 16.5. The Morgan fingerprint density at radius 2 is 2.50 bits per heavy atom. The summed E-state index contributed by atoms with van der Waals surface area (Å²) in [6, 6.07) is 0. The number of nitrogens with one attached hydrogen (secondary N) is 2. The van der Waals surface area contributed by atoms with E-state index in [0.717, 1.165) is 0 Å². The molecule has 0 aromatic rings. The van der Waals surface area contributed by atoms with E-state index >= 15 is 0 Å². The third kappa shape index (κ3) is 5.11. The van der Waals surface area contributed by atoms with Gasteiger partial charge in [0.15, 0.2) is 0 Å². The number of hydrogen-bond acceptors (Lipinski definition) is 3. The fourth-order valence-electron chi connectivity index (χ4n) is 0.363. The van der Waals surface area contributed by atoms with Crippen molar-refractivity contribution in [2.75, 3.05) is 13.2 Å². The number of carbonyl (C=O) groups is 1. The molecule has 0 radical (unpaired) electrons. The molecular formula is C6H12N2O2. The normalized spacial score (nSPS) is 8.50. The van der Waals surface area contributed by atoms with Crippen molar-refractivity contribution in [3.05, 3.63) is 12.7 Å². The van der Waals surface area contributed by atoms with Gasteiger partial charge in [0.25, 0.3) is 0 Å². The van der Waals surface area contributed by atoms with Gasteiger partial charge in [0.1, 0.15) is 0 Å². The lowest BCUT2D eigenvalue weighted by molar-refractivity contribution is 0.148. The van der Waals surface area contributed by atoms with Crippen LogP contribution in [-0.4, -0.2) is 19.2 Å². The van der Waals surface area contributed by atoms with Gasteiger partial charge in [0.2, 0.25) is 0 Å². The van der Waals surface area contributed by atoms with Crippen LogP contribution in [-0.2, 0) is 4.74 Å². The Morgan fingerprint density at radius 3 is 3.00 bits per heavy atom. The van der Waals surface area contributed by atoms with Gasteiger partial charge in [-0.3, -0.25) is 5.43 Å². The molecule has 4 heteroatoms. The van der Waals surface area contributed by atoms with E-state index in [-0.39, 0.29) is 0 Å². The Balaban J connectivity index is 3.13. The summed E-state index contributed by atoms with van der Waals surface area (Å²) in [6.07, 6.45) is 1.16. The van der Waals surface area contributed by atoms with Crippen molar-refractivity contribution in [1.82, 2.24) is 10.9 Å². The van der Waals surface area contributed by atoms with E-state index in [1.54, 1.807) is 13.0 Å². The monoisotopic (exact) mass is 144 g/mol. The molecule has 10 heavy (non-hydrogen) atoms. The van der Waals surface area contributed by atoms with Crippen molar-refractivity contribution < 1.29 is 9.53 Å². The highest BCUT2D eigenvalue weighted by Crippen LogP contribution is 1.71. The van der Waals surface area contributed by atoms with Crippen LogP contribution >= 0.6 is 0 Å². The van der Waals surface area contributed by atoms with E-state index in [0.29, 0.717) is 13.2 Å². The van der Waals surface area contributed by atoms with Gasteiger partial charge in [0.05, 0.1) is 6.61 Å². The van der Waals surface area contributed by atoms with Crippen LogP contribution in [0.2, 0.25) is 0 Å². The lowest BCUT2D eigenvalue weighted by Gasteiger charge is -2.03. The van der Waals surface area contributed by atoms with Crippen LogP contribution < -0.4 is 10.9 Å². The maximum atomic E-state index is 10.5. The number of amides is 1. The van der Waals surface area contributed by atoms with E-state index in [1.165, 1.54) is 0 Å². The average Bonchev–Trinajstić information content (AvgIpc) is 1.89. The Hall–Kier alpha value is -1.03. The molecule has 0 aromatic carbocycles. The molecule has 1 amide bonds. The van der Waals surface area contributed by atoms with Crippen molar-refractivity contribution >= 4 is 6.09 Å². The summed E-state index contributed by atoms with van der Waals surface area (Å²) in [4.78, 5) is 10.5. The summed E-state index contributed by atoms with van der Waals surface area (Å²) < 4.78 is 4.54. The highest BCUT2D eigenvalue weighted by Gasteiger charge is 1.94. The molecule has 0 aliphatic rings. The maximum Gasteiger partial charge on any atom is 0.421 e. The van der Waals surface area contributed by atoms with Gasteiger partial charge in [-0.1, -0.05) is 6.08 Å². The van der Waals surface area contributed by atoms with E-state index < -0.39 is 6.09 Å². The molecule has 0 saturated heterocycles. The Bertz CT molecular complexity index is 114. The first kappa shape index (κ1) is 8.97. The van der Waals surface area contributed by atoms with E-state index in [9.17, 15) is 4.79 Å². The molecule has 0 heterocycles. The number of hydrogen-bond donors (Lipinski definition) is 2. The van der Waals surface area contributed by atoms with Crippen LogP contribution in [0.25, 0.3) is 0 Å². The van der Waals surface area contributed by atoms with E-state index in [4.69, 9.17) is 0 Å². The molecule has 2 N–H and O–H groups in total. The predicted molar refractivity (Wildman–Crippen MR) is 38.4 cm³/mol. The molecule has 0 bridgehead atoms. The summed E-state index contributed by atoms with van der Waals surface area (Å²) in [5.41, 5.74) is 4.88. The maximum absolute atomic E-state index is 10.5. The second-order valence-electron chi connectivity index (χ2n) is 1.52. The standard InChI is InChI=1S/C6H12N2O2/c1-3-5-7-8-6(9)10-4-2/h3,7H,1,4-5H2,2H3,(H,8,9). The highest BCUT2D eigenvalue weighted by molar-refractivity contribution is 5.66. The number of ether oxygens (including phenoxy) is 1.